The molecule has 2 heterocycles. The molecule has 0 saturated carbocycles. The van der Waals surface area contributed by atoms with Crippen LogP contribution in [0.15, 0.2) is 53.1 Å². The lowest BCUT2D eigenvalue weighted by Crippen LogP contribution is -2.11. The van der Waals surface area contributed by atoms with E-state index in [2.05, 4.69) is 50.3 Å². The van der Waals surface area contributed by atoms with Crippen molar-refractivity contribution in [3.63, 3.8) is 0 Å². The van der Waals surface area contributed by atoms with Gasteiger partial charge in [-0.05, 0) is 48.5 Å². The van der Waals surface area contributed by atoms with Crippen LogP contribution in [0.1, 0.15) is 5.56 Å². The predicted molar refractivity (Wildman–Crippen MR) is 105 cm³/mol. The van der Waals surface area contributed by atoms with Gasteiger partial charge in [0.1, 0.15) is 5.82 Å². The number of rotatable bonds is 3. The quantitative estimate of drug-likeness (QED) is 0.485. The molecule has 0 aliphatic carbocycles. The van der Waals surface area contributed by atoms with E-state index < -0.39 is 0 Å². The van der Waals surface area contributed by atoms with Crippen LogP contribution in [0.5, 0.6) is 0 Å². The number of aromatic amines is 1. The first-order chi connectivity index (χ1) is 11.6. The molecule has 0 fully saturated rings. The van der Waals surface area contributed by atoms with Gasteiger partial charge in [0, 0.05) is 33.5 Å². The van der Waals surface area contributed by atoms with E-state index in [9.17, 15) is 0 Å². The Hall–Kier alpha value is -2.18. The molecule has 4 rings (SSSR count). The molecule has 2 aromatic heterocycles. The van der Waals surface area contributed by atoms with E-state index in [0.29, 0.717) is 17.1 Å². The normalized spacial score (nSPS) is 11.4. The zero-order chi connectivity index (χ0) is 16.7. The highest BCUT2D eigenvalue weighted by molar-refractivity contribution is 9.10. The largest absolute Gasteiger partial charge is 0.384 e. The molecule has 24 heavy (non-hydrogen) atoms. The molecule has 6 heteroatoms. The number of nitrogens with two attached hydrogens (primary N) is 1. The standard InChI is InChI=1S/C18H15BrN4S/c19-12-5-6-16-14(9-12)17(20)23(18(24)22-16)8-7-11-10-21-15-4-2-1-3-13(11)15/h1-6,9-10,21H,7-8,20H2. The number of aromatic nitrogens is 3. The lowest BCUT2D eigenvalue weighted by molar-refractivity contribution is 0.684. The Labute approximate surface area is 152 Å². The Balaban J connectivity index is 1.73. The van der Waals surface area contributed by atoms with Gasteiger partial charge >= 0.3 is 0 Å². The van der Waals surface area contributed by atoms with E-state index in [1.54, 1.807) is 0 Å². The molecule has 0 aliphatic heterocycles. The minimum Gasteiger partial charge on any atom is -0.384 e. The van der Waals surface area contributed by atoms with Crippen LogP contribution < -0.4 is 5.73 Å². The molecule has 0 unspecified atom stereocenters. The molecule has 3 N–H and O–H groups in total. The van der Waals surface area contributed by atoms with Crippen LogP contribution in [-0.4, -0.2) is 14.5 Å². The van der Waals surface area contributed by atoms with Crippen LogP contribution in [0, 0.1) is 4.77 Å². The zero-order valence-corrected chi connectivity index (χ0v) is 15.2. The number of nitrogens with one attached hydrogen (secondary N) is 1. The van der Waals surface area contributed by atoms with Crippen molar-refractivity contribution >= 4 is 55.8 Å². The smallest absolute Gasteiger partial charge is 0.201 e. The van der Waals surface area contributed by atoms with E-state index >= 15 is 0 Å². The molecule has 0 spiro atoms. The Morgan fingerprint density at radius 2 is 2.00 bits per heavy atom. The number of nitrogen functional groups attached to an aromatic ring is 1. The SMILES string of the molecule is Nc1c2cc(Br)ccc2nc(=S)n1CCc1c[nH]c2ccccc12. The Morgan fingerprint density at radius 1 is 1.17 bits per heavy atom. The number of fused-ring (bicyclic) bond motifs is 2. The molecule has 0 amide bonds. The van der Waals surface area contributed by atoms with Crippen molar-refractivity contribution in [1.29, 1.82) is 0 Å². The lowest BCUT2D eigenvalue weighted by Gasteiger charge is -2.13. The van der Waals surface area contributed by atoms with Gasteiger partial charge in [0.25, 0.3) is 0 Å². The molecule has 0 saturated heterocycles. The summed E-state index contributed by atoms with van der Waals surface area (Å²) in [4.78, 5) is 7.81. The monoisotopic (exact) mass is 398 g/mol. The van der Waals surface area contributed by atoms with Crippen molar-refractivity contribution < 1.29 is 0 Å². The summed E-state index contributed by atoms with van der Waals surface area (Å²) in [6.45, 7) is 0.696. The number of para-hydroxylation sites is 1. The number of benzene rings is 2. The van der Waals surface area contributed by atoms with Crippen molar-refractivity contribution in [1.82, 2.24) is 14.5 Å². The fraction of sp³-hybridized carbons (Fsp3) is 0.111. The molecule has 0 radical (unpaired) electrons. The van der Waals surface area contributed by atoms with Gasteiger partial charge in [-0.2, -0.15) is 0 Å². The van der Waals surface area contributed by atoms with Gasteiger partial charge in [-0.25, -0.2) is 4.98 Å². The molecule has 0 bridgehead atoms. The Morgan fingerprint density at radius 3 is 2.88 bits per heavy atom. The Kier molecular flexibility index (Phi) is 3.86. The number of H-pyrrole nitrogens is 1. The molecular weight excluding hydrogens is 384 g/mol. The van der Waals surface area contributed by atoms with Gasteiger partial charge in [0.2, 0.25) is 4.77 Å². The van der Waals surface area contributed by atoms with Crippen LogP contribution in [0.2, 0.25) is 0 Å². The minimum absolute atomic E-state index is 0.516. The second-order valence-corrected chi connectivity index (χ2v) is 6.98. The van der Waals surface area contributed by atoms with Crippen LogP contribution in [0.3, 0.4) is 0 Å². The fourth-order valence-electron chi connectivity index (χ4n) is 3.01. The summed E-state index contributed by atoms with van der Waals surface area (Å²) in [5.74, 6) is 0.658. The number of anilines is 1. The van der Waals surface area contributed by atoms with Crippen LogP contribution >= 0.6 is 28.1 Å². The molecule has 0 atom stereocenters. The number of halogens is 1. The maximum Gasteiger partial charge on any atom is 0.201 e. The number of hydrogen-bond donors (Lipinski definition) is 2. The van der Waals surface area contributed by atoms with Crippen LogP contribution in [0.4, 0.5) is 5.82 Å². The first kappa shape index (κ1) is 15.4. The molecule has 2 aromatic carbocycles. The zero-order valence-electron chi connectivity index (χ0n) is 12.8. The number of nitrogens with zero attached hydrogens (tertiary/aromatic N) is 2. The van der Waals surface area contributed by atoms with Crippen molar-refractivity contribution in [2.45, 2.75) is 13.0 Å². The van der Waals surface area contributed by atoms with Crippen molar-refractivity contribution in [3.8, 4) is 0 Å². The second kappa shape index (κ2) is 6.03. The van der Waals surface area contributed by atoms with E-state index in [1.807, 2.05) is 28.8 Å². The van der Waals surface area contributed by atoms with Crippen molar-refractivity contribution in [2.24, 2.45) is 0 Å². The van der Waals surface area contributed by atoms with Crippen molar-refractivity contribution in [2.75, 3.05) is 5.73 Å². The average Bonchev–Trinajstić information content (AvgIpc) is 2.99. The summed E-state index contributed by atoms with van der Waals surface area (Å²) in [5.41, 5.74) is 9.59. The van der Waals surface area contributed by atoms with Gasteiger partial charge in [-0.3, -0.25) is 0 Å². The first-order valence-corrected chi connectivity index (χ1v) is 8.84. The van der Waals surface area contributed by atoms with Gasteiger partial charge in [0.05, 0.1) is 5.52 Å². The summed E-state index contributed by atoms with van der Waals surface area (Å²) in [6.07, 6.45) is 2.89. The highest BCUT2D eigenvalue weighted by atomic mass is 79.9. The third kappa shape index (κ3) is 2.61. The Bertz CT molecular complexity index is 1110. The van der Waals surface area contributed by atoms with E-state index in [4.69, 9.17) is 18.0 Å². The summed E-state index contributed by atoms with van der Waals surface area (Å²) < 4.78 is 3.40. The van der Waals surface area contributed by atoms with E-state index in [1.165, 1.54) is 10.9 Å². The van der Waals surface area contributed by atoms with Gasteiger partial charge in [-0.15, -0.1) is 0 Å². The topological polar surface area (TPSA) is 59.6 Å². The molecule has 0 aliphatic rings. The second-order valence-electron chi connectivity index (χ2n) is 5.70. The van der Waals surface area contributed by atoms with E-state index in [0.717, 1.165) is 27.3 Å². The summed E-state index contributed by atoms with van der Waals surface area (Å²) in [5, 5.41) is 2.15. The maximum atomic E-state index is 6.37. The summed E-state index contributed by atoms with van der Waals surface area (Å²) >= 11 is 8.93. The van der Waals surface area contributed by atoms with E-state index in [-0.39, 0.29) is 0 Å². The van der Waals surface area contributed by atoms with Gasteiger partial charge < -0.3 is 15.3 Å². The van der Waals surface area contributed by atoms with Gasteiger partial charge in [-0.1, -0.05) is 34.1 Å². The van der Waals surface area contributed by atoms with Gasteiger partial charge in [0.15, 0.2) is 0 Å². The predicted octanol–water partition coefficient (Wildman–Crippen LogP) is 4.83. The highest BCUT2D eigenvalue weighted by Gasteiger charge is 2.09. The van der Waals surface area contributed by atoms with Crippen LogP contribution in [0.25, 0.3) is 21.8 Å². The fourth-order valence-corrected chi connectivity index (χ4v) is 3.66. The number of hydrogen-bond acceptors (Lipinski definition) is 3. The average molecular weight is 399 g/mol. The lowest BCUT2D eigenvalue weighted by atomic mass is 10.1. The molecule has 4 aromatic rings. The third-order valence-corrected chi connectivity index (χ3v) is 5.06. The molecular formula is C18H15BrN4S. The van der Waals surface area contributed by atoms with Crippen molar-refractivity contribution in [3.05, 3.63) is 63.5 Å². The number of aryl methyl sites for hydroxylation is 1. The van der Waals surface area contributed by atoms with Crippen LogP contribution in [-0.2, 0) is 13.0 Å². The molecule has 4 nitrogen and oxygen atoms in total. The molecule has 120 valence electrons. The first-order valence-electron chi connectivity index (χ1n) is 7.64. The minimum atomic E-state index is 0.516. The third-order valence-electron chi connectivity index (χ3n) is 4.25. The highest BCUT2D eigenvalue weighted by Crippen LogP contribution is 2.25. The summed E-state index contributed by atoms with van der Waals surface area (Å²) in [6, 6.07) is 14.1. The maximum absolute atomic E-state index is 6.37. The summed E-state index contributed by atoms with van der Waals surface area (Å²) in [7, 11) is 0.